The molecule has 2 unspecified atom stereocenters. The quantitative estimate of drug-likeness (QED) is 0.804. The minimum absolute atomic E-state index is 0.266. The number of aromatic nitrogens is 3. The van der Waals surface area contributed by atoms with Gasteiger partial charge in [0, 0.05) is 32.7 Å². The molecule has 0 spiro atoms. The van der Waals surface area contributed by atoms with Gasteiger partial charge in [-0.2, -0.15) is 15.0 Å². The molecule has 0 aliphatic carbocycles. The minimum Gasteiger partial charge on any atom is -0.368 e. The maximum atomic E-state index is 5.74. The highest BCUT2D eigenvalue weighted by Crippen LogP contribution is 2.29. The molecule has 2 fully saturated rings. The molecule has 7 nitrogen and oxygen atoms in total. The second-order valence-electron chi connectivity index (χ2n) is 5.50. The van der Waals surface area contributed by atoms with Crippen LogP contribution in [0.1, 0.15) is 19.3 Å². The van der Waals surface area contributed by atoms with E-state index in [1.54, 1.807) is 0 Å². The van der Waals surface area contributed by atoms with Crippen LogP contribution in [0.4, 0.5) is 17.8 Å². The van der Waals surface area contributed by atoms with Crippen molar-refractivity contribution in [1.29, 1.82) is 0 Å². The first-order valence-electron chi connectivity index (χ1n) is 6.83. The first-order chi connectivity index (χ1) is 9.13. The lowest BCUT2D eigenvalue weighted by Gasteiger charge is -2.21. The number of anilines is 3. The van der Waals surface area contributed by atoms with Crippen LogP contribution in [0.5, 0.6) is 0 Å². The maximum Gasteiger partial charge on any atom is 0.231 e. The lowest BCUT2D eigenvalue weighted by atomic mass is 10.1. The molecule has 0 amide bonds. The van der Waals surface area contributed by atoms with Crippen molar-refractivity contribution in [3.8, 4) is 0 Å². The van der Waals surface area contributed by atoms with Crippen LogP contribution in [0.3, 0.4) is 0 Å². The molecule has 2 aliphatic heterocycles. The molecule has 0 bridgehead atoms. The first kappa shape index (κ1) is 12.4. The zero-order valence-corrected chi connectivity index (χ0v) is 11.5. The smallest absolute Gasteiger partial charge is 0.231 e. The number of hydrogen-bond acceptors (Lipinski definition) is 7. The van der Waals surface area contributed by atoms with Gasteiger partial charge in [0.15, 0.2) is 0 Å². The third-order valence-corrected chi connectivity index (χ3v) is 3.96. The fourth-order valence-electron chi connectivity index (χ4n) is 3.06. The fraction of sp³-hybridized carbons (Fsp3) is 0.750. The van der Waals surface area contributed by atoms with Gasteiger partial charge in [-0.1, -0.05) is 0 Å². The van der Waals surface area contributed by atoms with Crippen molar-refractivity contribution in [3.05, 3.63) is 0 Å². The number of nitrogens with two attached hydrogens (primary N) is 1. The van der Waals surface area contributed by atoms with E-state index in [0.717, 1.165) is 6.42 Å². The van der Waals surface area contributed by atoms with Gasteiger partial charge >= 0.3 is 0 Å². The van der Waals surface area contributed by atoms with E-state index in [1.807, 2.05) is 19.0 Å². The van der Waals surface area contributed by atoms with Crippen LogP contribution in [-0.2, 0) is 0 Å². The van der Waals surface area contributed by atoms with Crippen molar-refractivity contribution in [2.45, 2.75) is 31.3 Å². The SMILES string of the molecule is CN(C)c1nc(N)nc(NC2CCN3CCCC23)n1. The molecule has 0 saturated carbocycles. The Kier molecular flexibility index (Phi) is 3.14. The van der Waals surface area contributed by atoms with Crippen LogP contribution in [-0.4, -0.2) is 59.1 Å². The third-order valence-electron chi connectivity index (χ3n) is 3.96. The summed E-state index contributed by atoms with van der Waals surface area (Å²) in [5, 5.41) is 3.44. The van der Waals surface area contributed by atoms with Crippen LogP contribution in [0.2, 0.25) is 0 Å². The Bertz CT molecular complexity index is 461. The minimum atomic E-state index is 0.266. The molecule has 2 atom stereocenters. The summed E-state index contributed by atoms with van der Waals surface area (Å²) in [6, 6.07) is 1.06. The Morgan fingerprint density at radius 1 is 1.21 bits per heavy atom. The topological polar surface area (TPSA) is 83.2 Å². The summed E-state index contributed by atoms with van der Waals surface area (Å²) in [6.07, 6.45) is 3.71. The van der Waals surface area contributed by atoms with Gasteiger partial charge in [0.1, 0.15) is 0 Å². The van der Waals surface area contributed by atoms with Crippen molar-refractivity contribution in [2.24, 2.45) is 0 Å². The molecular weight excluding hydrogens is 242 g/mol. The molecular formula is C12H21N7. The van der Waals surface area contributed by atoms with Crippen molar-refractivity contribution in [2.75, 3.05) is 43.1 Å². The third kappa shape index (κ3) is 2.42. The highest BCUT2D eigenvalue weighted by Gasteiger charge is 2.37. The number of fused-ring (bicyclic) bond motifs is 1. The van der Waals surface area contributed by atoms with E-state index in [-0.39, 0.29) is 5.95 Å². The molecule has 0 radical (unpaired) electrons. The van der Waals surface area contributed by atoms with Gasteiger partial charge in [0.05, 0.1) is 0 Å². The van der Waals surface area contributed by atoms with E-state index in [2.05, 4.69) is 25.2 Å². The molecule has 3 N–H and O–H groups in total. The normalized spacial score (nSPS) is 26.4. The van der Waals surface area contributed by atoms with Gasteiger partial charge < -0.3 is 16.0 Å². The monoisotopic (exact) mass is 263 g/mol. The van der Waals surface area contributed by atoms with Gasteiger partial charge in [0.2, 0.25) is 17.8 Å². The lowest BCUT2D eigenvalue weighted by molar-refractivity contribution is 0.318. The summed E-state index contributed by atoms with van der Waals surface area (Å²) in [7, 11) is 3.79. The van der Waals surface area contributed by atoms with Gasteiger partial charge in [-0.05, 0) is 25.8 Å². The first-order valence-corrected chi connectivity index (χ1v) is 6.83. The fourth-order valence-corrected chi connectivity index (χ4v) is 3.06. The van der Waals surface area contributed by atoms with E-state index < -0.39 is 0 Å². The van der Waals surface area contributed by atoms with E-state index in [1.165, 1.54) is 25.9 Å². The molecule has 2 saturated heterocycles. The second kappa shape index (κ2) is 4.80. The summed E-state index contributed by atoms with van der Waals surface area (Å²) in [4.78, 5) is 17.1. The summed E-state index contributed by atoms with van der Waals surface area (Å²) < 4.78 is 0. The average molecular weight is 263 g/mol. The molecule has 3 rings (SSSR count). The molecule has 0 aromatic carbocycles. The standard InChI is InChI=1S/C12H21N7/c1-18(2)12-16-10(13)15-11(17-12)14-8-5-7-19-6-3-4-9(8)19/h8-9H,3-7H2,1-2H3,(H3,13,14,15,16,17). The largest absolute Gasteiger partial charge is 0.368 e. The molecule has 7 heteroatoms. The number of nitrogen functional groups attached to an aromatic ring is 1. The van der Waals surface area contributed by atoms with Gasteiger partial charge in [-0.15, -0.1) is 0 Å². The van der Waals surface area contributed by atoms with Crippen LogP contribution >= 0.6 is 0 Å². The molecule has 3 heterocycles. The van der Waals surface area contributed by atoms with Gasteiger partial charge in [-0.25, -0.2) is 0 Å². The van der Waals surface area contributed by atoms with Crippen LogP contribution in [0.15, 0.2) is 0 Å². The lowest BCUT2D eigenvalue weighted by Crippen LogP contribution is -2.34. The molecule has 1 aromatic rings. The predicted octanol–water partition coefficient (Wildman–Crippen LogP) is 0.168. The Labute approximate surface area is 113 Å². The molecule has 19 heavy (non-hydrogen) atoms. The van der Waals surface area contributed by atoms with Crippen LogP contribution < -0.4 is 16.0 Å². The van der Waals surface area contributed by atoms with E-state index in [0.29, 0.717) is 24.0 Å². The highest BCUT2D eigenvalue weighted by atomic mass is 15.3. The van der Waals surface area contributed by atoms with Crippen molar-refractivity contribution < 1.29 is 0 Å². The Balaban J connectivity index is 1.76. The highest BCUT2D eigenvalue weighted by molar-refractivity contribution is 5.41. The zero-order chi connectivity index (χ0) is 13.4. The number of rotatable bonds is 3. The average Bonchev–Trinajstić information content (AvgIpc) is 2.93. The predicted molar refractivity (Wildman–Crippen MR) is 75.2 cm³/mol. The number of nitrogens with zero attached hydrogens (tertiary/aromatic N) is 5. The van der Waals surface area contributed by atoms with Crippen LogP contribution in [0, 0.1) is 0 Å². The van der Waals surface area contributed by atoms with E-state index in [4.69, 9.17) is 5.73 Å². The summed E-state index contributed by atoms with van der Waals surface area (Å²) in [5.41, 5.74) is 5.74. The van der Waals surface area contributed by atoms with E-state index >= 15 is 0 Å². The van der Waals surface area contributed by atoms with Crippen molar-refractivity contribution in [1.82, 2.24) is 19.9 Å². The zero-order valence-electron chi connectivity index (χ0n) is 11.5. The summed E-state index contributed by atoms with van der Waals surface area (Å²) in [5.74, 6) is 1.45. The molecule has 1 aromatic heterocycles. The van der Waals surface area contributed by atoms with Crippen molar-refractivity contribution >= 4 is 17.8 Å². The summed E-state index contributed by atoms with van der Waals surface area (Å²) in [6.45, 7) is 2.40. The van der Waals surface area contributed by atoms with Gasteiger partial charge in [0.25, 0.3) is 0 Å². The Morgan fingerprint density at radius 2 is 2.05 bits per heavy atom. The number of hydrogen-bond donors (Lipinski definition) is 2. The molecule has 104 valence electrons. The van der Waals surface area contributed by atoms with E-state index in [9.17, 15) is 0 Å². The Morgan fingerprint density at radius 3 is 2.84 bits per heavy atom. The Hall–Kier alpha value is -1.63. The molecule has 2 aliphatic rings. The van der Waals surface area contributed by atoms with Crippen LogP contribution in [0.25, 0.3) is 0 Å². The summed E-state index contributed by atoms with van der Waals surface area (Å²) >= 11 is 0. The maximum absolute atomic E-state index is 5.74. The van der Waals surface area contributed by atoms with Crippen molar-refractivity contribution in [3.63, 3.8) is 0 Å². The van der Waals surface area contributed by atoms with Gasteiger partial charge in [-0.3, -0.25) is 4.90 Å². The second-order valence-corrected chi connectivity index (χ2v) is 5.50. The number of nitrogens with one attached hydrogen (secondary N) is 1.